The summed E-state index contributed by atoms with van der Waals surface area (Å²) in [5.74, 6) is 0.688. The van der Waals surface area contributed by atoms with E-state index in [9.17, 15) is 8.42 Å². The Balaban J connectivity index is 1.88. The molecular weight excluding hydrogens is 386 g/mol. The van der Waals surface area contributed by atoms with Crippen LogP contribution in [0.3, 0.4) is 0 Å². The summed E-state index contributed by atoms with van der Waals surface area (Å²) in [4.78, 5) is 0.212. The molecule has 0 unspecified atom stereocenters. The zero-order valence-corrected chi connectivity index (χ0v) is 18.0. The summed E-state index contributed by atoms with van der Waals surface area (Å²) < 4.78 is 35.8. The normalized spacial score (nSPS) is 12.1. The van der Waals surface area contributed by atoms with Crippen LogP contribution in [0.4, 0.5) is 0 Å². The fourth-order valence-electron chi connectivity index (χ4n) is 3.01. The van der Waals surface area contributed by atoms with Crippen molar-refractivity contribution in [3.05, 3.63) is 77.6 Å². The molecule has 0 radical (unpaired) electrons. The summed E-state index contributed by atoms with van der Waals surface area (Å²) in [6.07, 6.45) is 1.61. The maximum absolute atomic E-state index is 13.1. The van der Waals surface area contributed by atoms with E-state index in [0.717, 1.165) is 11.1 Å². The molecule has 2 aromatic carbocycles. The molecule has 0 saturated carbocycles. The molecule has 0 aliphatic heterocycles. The van der Waals surface area contributed by atoms with Crippen molar-refractivity contribution >= 4 is 10.0 Å². The Kier molecular flexibility index (Phi) is 6.10. The van der Waals surface area contributed by atoms with Gasteiger partial charge in [0, 0.05) is 18.2 Å². The van der Waals surface area contributed by atoms with Crippen molar-refractivity contribution in [1.29, 1.82) is 0 Å². The minimum absolute atomic E-state index is 0.174. The molecule has 29 heavy (non-hydrogen) atoms. The van der Waals surface area contributed by atoms with Gasteiger partial charge >= 0.3 is 0 Å². The predicted molar refractivity (Wildman–Crippen MR) is 113 cm³/mol. The molecule has 0 aliphatic carbocycles. The van der Waals surface area contributed by atoms with Crippen LogP contribution in [0.1, 0.15) is 37.6 Å². The Morgan fingerprint density at radius 1 is 1.03 bits per heavy atom. The van der Waals surface area contributed by atoms with Gasteiger partial charge in [0.25, 0.3) is 0 Å². The Morgan fingerprint density at radius 2 is 1.72 bits per heavy atom. The molecule has 1 N–H and O–H groups in total. The highest BCUT2D eigenvalue weighted by atomic mass is 32.2. The van der Waals surface area contributed by atoms with Crippen molar-refractivity contribution < 1.29 is 13.2 Å². The second-order valence-electron chi connectivity index (χ2n) is 7.95. The Hall–Kier alpha value is -2.64. The van der Waals surface area contributed by atoms with E-state index in [1.54, 1.807) is 18.0 Å². The lowest BCUT2D eigenvalue weighted by Crippen LogP contribution is -2.26. The van der Waals surface area contributed by atoms with Crippen LogP contribution in [-0.4, -0.2) is 25.3 Å². The van der Waals surface area contributed by atoms with Crippen LogP contribution >= 0.6 is 0 Å². The molecule has 154 valence electrons. The number of hydrogen-bond acceptors (Lipinski definition) is 4. The van der Waals surface area contributed by atoms with E-state index in [2.05, 4.69) is 9.82 Å². The van der Waals surface area contributed by atoms with Crippen LogP contribution in [0.5, 0.6) is 5.75 Å². The zero-order valence-electron chi connectivity index (χ0n) is 17.2. The quantitative estimate of drug-likeness (QED) is 0.641. The monoisotopic (exact) mass is 413 g/mol. The molecule has 1 aromatic heterocycles. The van der Waals surface area contributed by atoms with Crippen LogP contribution in [-0.2, 0) is 28.5 Å². The second kappa shape index (κ2) is 8.39. The smallest absolute Gasteiger partial charge is 0.244 e. The highest BCUT2D eigenvalue weighted by molar-refractivity contribution is 7.89. The number of aromatic nitrogens is 2. The number of hydrogen-bond donors (Lipinski definition) is 1. The maximum atomic E-state index is 13.1. The third-order valence-corrected chi connectivity index (χ3v) is 5.92. The van der Waals surface area contributed by atoms with Gasteiger partial charge in [-0.2, -0.15) is 5.10 Å². The van der Waals surface area contributed by atoms with E-state index < -0.39 is 15.4 Å². The first-order chi connectivity index (χ1) is 13.7. The van der Waals surface area contributed by atoms with Gasteiger partial charge < -0.3 is 4.74 Å². The minimum atomic E-state index is -3.74. The molecule has 0 saturated heterocycles. The standard InChI is InChI=1S/C22H27N3O3S/c1-22(2,3)21-20(16-25(24-21)15-17-9-6-5-7-10-17)29(26,27)23-14-18-11-8-12-19(13-18)28-4/h5-13,16,23H,14-15H2,1-4H3. The number of rotatable bonds is 7. The first-order valence-corrected chi connectivity index (χ1v) is 10.9. The van der Waals surface area contributed by atoms with Gasteiger partial charge in [-0.1, -0.05) is 63.2 Å². The van der Waals surface area contributed by atoms with Gasteiger partial charge in [-0.25, -0.2) is 13.1 Å². The molecule has 0 amide bonds. The molecule has 0 bridgehead atoms. The Labute approximate surface area is 172 Å². The van der Waals surface area contributed by atoms with E-state index in [0.29, 0.717) is 18.0 Å². The number of nitrogens with zero attached hydrogens (tertiary/aromatic N) is 2. The molecule has 0 aliphatic rings. The maximum Gasteiger partial charge on any atom is 0.244 e. The fraction of sp³-hybridized carbons (Fsp3) is 0.318. The van der Waals surface area contributed by atoms with Crippen molar-refractivity contribution in [3.63, 3.8) is 0 Å². The van der Waals surface area contributed by atoms with Gasteiger partial charge in [-0.05, 0) is 23.3 Å². The minimum Gasteiger partial charge on any atom is -0.497 e. The summed E-state index contributed by atoms with van der Waals surface area (Å²) in [6.45, 7) is 6.57. The highest BCUT2D eigenvalue weighted by Crippen LogP contribution is 2.28. The largest absolute Gasteiger partial charge is 0.497 e. The molecule has 6 nitrogen and oxygen atoms in total. The SMILES string of the molecule is COc1cccc(CNS(=O)(=O)c2cn(Cc3ccccc3)nc2C(C)(C)C)c1. The Bertz CT molecular complexity index is 1070. The topological polar surface area (TPSA) is 73.2 Å². The summed E-state index contributed by atoms with van der Waals surface area (Å²) in [5.41, 5.74) is 2.01. The van der Waals surface area contributed by atoms with Crippen molar-refractivity contribution in [1.82, 2.24) is 14.5 Å². The second-order valence-corrected chi connectivity index (χ2v) is 9.69. The lowest BCUT2D eigenvalue weighted by atomic mass is 9.92. The number of nitrogens with one attached hydrogen (secondary N) is 1. The van der Waals surface area contributed by atoms with Gasteiger partial charge in [0.1, 0.15) is 10.6 Å². The van der Waals surface area contributed by atoms with E-state index in [-0.39, 0.29) is 11.4 Å². The first-order valence-electron chi connectivity index (χ1n) is 9.43. The lowest BCUT2D eigenvalue weighted by molar-refractivity contribution is 0.414. The third-order valence-electron chi connectivity index (χ3n) is 4.52. The zero-order chi connectivity index (χ0) is 21.1. The Morgan fingerprint density at radius 3 is 2.38 bits per heavy atom. The van der Waals surface area contributed by atoms with Crippen LogP contribution in [0.15, 0.2) is 65.7 Å². The molecule has 1 heterocycles. The molecule has 3 rings (SSSR count). The van der Waals surface area contributed by atoms with Crippen molar-refractivity contribution in [2.45, 2.75) is 44.2 Å². The number of methoxy groups -OCH3 is 1. The number of benzene rings is 2. The van der Waals surface area contributed by atoms with Gasteiger partial charge in [0.2, 0.25) is 10.0 Å². The average Bonchev–Trinajstić information content (AvgIpc) is 3.13. The number of sulfonamides is 1. The molecule has 0 fully saturated rings. The summed E-state index contributed by atoms with van der Waals surface area (Å²) in [6, 6.07) is 17.2. The van der Waals surface area contributed by atoms with Gasteiger partial charge in [-0.15, -0.1) is 0 Å². The number of ether oxygens (including phenoxy) is 1. The van der Waals surface area contributed by atoms with E-state index in [4.69, 9.17) is 4.74 Å². The predicted octanol–water partition coefficient (Wildman–Crippen LogP) is 3.72. The van der Waals surface area contributed by atoms with Crippen molar-refractivity contribution in [2.24, 2.45) is 0 Å². The third kappa shape index (κ3) is 5.25. The van der Waals surface area contributed by atoms with Gasteiger partial charge in [-0.3, -0.25) is 4.68 Å². The lowest BCUT2D eigenvalue weighted by Gasteiger charge is -2.17. The van der Waals surface area contributed by atoms with E-state index in [1.165, 1.54) is 0 Å². The van der Waals surface area contributed by atoms with Gasteiger partial charge in [0.15, 0.2) is 0 Å². The summed E-state index contributed by atoms with van der Waals surface area (Å²) in [7, 11) is -2.15. The van der Waals surface area contributed by atoms with Crippen LogP contribution in [0.25, 0.3) is 0 Å². The van der Waals surface area contributed by atoms with Crippen LogP contribution < -0.4 is 9.46 Å². The van der Waals surface area contributed by atoms with Crippen molar-refractivity contribution in [2.75, 3.05) is 7.11 Å². The average molecular weight is 414 g/mol. The van der Waals surface area contributed by atoms with Crippen molar-refractivity contribution in [3.8, 4) is 5.75 Å². The summed E-state index contributed by atoms with van der Waals surface area (Å²) >= 11 is 0. The molecule has 3 aromatic rings. The highest BCUT2D eigenvalue weighted by Gasteiger charge is 2.29. The van der Waals surface area contributed by atoms with Crippen LogP contribution in [0, 0.1) is 0 Å². The summed E-state index contributed by atoms with van der Waals surface area (Å²) in [5, 5.41) is 4.60. The molecule has 7 heteroatoms. The first kappa shape index (κ1) is 21.1. The molecular formula is C22H27N3O3S. The van der Waals surface area contributed by atoms with E-state index >= 15 is 0 Å². The van der Waals surface area contributed by atoms with E-state index in [1.807, 2.05) is 75.4 Å². The van der Waals surface area contributed by atoms with Crippen LogP contribution in [0.2, 0.25) is 0 Å². The van der Waals surface area contributed by atoms with Gasteiger partial charge in [0.05, 0.1) is 19.3 Å². The molecule has 0 atom stereocenters. The molecule has 0 spiro atoms. The fourth-order valence-corrected chi connectivity index (χ4v) is 4.38.